The second kappa shape index (κ2) is 5.40. The van der Waals surface area contributed by atoms with E-state index in [1.54, 1.807) is 0 Å². The molecule has 1 aliphatic rings. The van der Waals surface area contributed by atoms with Crippen LogP contribution in [0.4, 0.5) is 0 Å². The molecule has 1 aromatic carbocycles. The second-order valence-electron chi connectivity index (χ2n) is 5.06. The lowest BCUT2D eigenvalue weighted by atomic mass is 9.98. The van der Waals surface area contributed by atoms with Gasteiger partial charge in [0, 0.05) is 0 Å². The monoisotopic (exact) mass is 297 g/mol. The van der Waals surface area contributed by atoms with Crippen LogP contribution in [0.5, 0.6) is 5.75 Å². The molecule has 0 amide bonds. The largest absolute Gasteiger partial charge is 0.492 e. The fourth-order valence-electron chi connectivity index (χ4n) is 1.89. The lowest BCUT2D eigenvalue weighted by Gasteiger charge is -2.18. The normalized spacial score (nSPS) is 16.9. The molecule has 17 heavy (non-hydrogen) atoms. The quantitative estimate of drug-likeness (QED) is 0.901. The number of benzene rings is 1. The van der Waals surface area contributed by atoms with Crippen molar-refractivity contribution in [1.82, 2.24) is 0 Å². The van der Waals surface area contributed by atoms with Crippen molar-refractivity contribution in [3.8, 4) is 5.75 Å². The fraction of sp³-hybridized carbons (Fsp3) is 0.571. The summed E-state index contributed by atoms with van der Waals surface area (Å²) >= 11 is 3.60. The third-order valence-electron chi connectivity index (χ3n) is 3.26. The Morgan fingerprint density at radius 3 is 2.76 bits per heavy atom. The Bertz CT molecular complexity index is 401. The third-order valence-corrected chi connectivity index (χ3v) is 3.85. The topological polar surface area (TPSA) is 35.2 Å². The van der Waals surface area contributed by atoms with Crippen molar-refractivity contribution < 1.29 is 4.74 Å². The summed E-state index contributed by atoms with van der Waals surface area (Å²) in [5.74, 6) is 2.09. The van der Waals surface area contributed by atoms with Crippen LogP contribution in [0, 0.1) is 12.8 Å². The van der Waals surface area contributed by atoms with Crippen LogP contribution in [0.1, 0.15) is 36.8 Å². The Balaban J connectivity index is 2.24. The maximum absolute atomic E-state index is 5.97. The highest BCUT2D eigenvalue weighted by molar-refractivity contribution is 9.10. The maximum Gasteiger partial charge on any atom is 0.137 e. The van der Waals surface area contributed by atoms with E-state index in [2.05, 4.69) is 41.9 Å². The van der Waals surface area contributed by atoms with Crippen molar-refractivity contribution >= 4 is 15.9 Å². The van der Waals surface area contributed by atoms with Crippen LogP contribution in [0.25, 0.3) is 0 Å². The zero-order valence-electron chi connectivity index (χ0n) is 10.5. The SMILES string of the molecule is Cc1cc(Br)c(OCC2CC2)c(C(C)CN)c1. The number of hydrogen-bond acceptors (Lipinski definition) is 2. The van der Waals surface area contributed by atoms with Crippen LogP contribution in [0.15, 0.2) is 16.6 Å². The Morgan fingerprint density at radius 1 is 1.47 bits per heavy atom. The molecule has 2 N–H and O–H groups in total. The Labute approximate surface area is 112 Å². The molecule has 0 radical (unpaired) electrons. The summed E-state index contributed by atoms with van der Waals surface area (Å²) in [6.45, 7) is 5.73. The number of hydrogen-bond donors (Lipinski definition) is 1. The molecule has 0 saturated heterocycles. The Kier molecular flexibility index (Phi) is 4.10. The van der Waals surface area contributed by atoms with Gasteiger partial charge >= 0.3 is 0 Å². The molecule has 94 valence electrons. The highest BCUT2D eigenvalue weighted by Crippen LogP contribution is 2.37. The van der Waals surface area contributed by atoms with Crippen LogP contribution < -0.4 is 10.5 Å². The van der Waals surface area contributed by atoms with Crippen LogP contribution in [-0.2, 0) is 0 Å². The standard InChI is InChI=1S/C14H20BrNO/c1-9-5-12(10(2)7-16)14(13(15)6-9)17-8-11-3-4-11/h5-6,10-11H,3-4,7-8,16H2,1-2H3. The van der Waals surface area contributed by atoms with E-state index in [4.69, 9.17) is 10.5 Å². The molecule has 1 aliphatic carbocycles. The van der Waals surface area contributed by atoms with E-state index in [-0.39, 0.29) is 0 Å². The summed E-state index contributed by atoms with van der Waals surface area (Å²) in [6, 6.07) is 4.29. The van der Waals surface area contributed by atoms with Crippen molar-refractivity contribution in [1.29, 1.82) is 0 Å². The Morgan fingerprint density at radius 2 is 2.18 bits per heavy atom. The summed E-state index contributed by atoms with van der Waals surface area (Å²) in [5, 5.41) is 0. The smallest absolute Gasteiger partial charge is 0.137 e. The lowest BCUT2D eigenvalue weighted by molar-refractivity contribution is 0.293. The molecule has 0 aliphatic heterocycles. The average Bonchev–Trinajstić information content (AvgIpc) is 3.09. The van der Waals surface area contributed by atoms with E-state index in [0.29, 0.717) is 12.5 Å². The molecular formula is C14H20BrNO. The summed E-state index contributed by atoms with van der Waals surface area (Å²) in [7, 11) is 0. The first kappa shape index (κ1) is 12.9. The van der Waals surface area contributed by atoms with E-state index in [0.717, 1.165) is 22.7 Å². The van der Waals surface area contributed by atoms with Crippen molar-refractivity contribution in [2.24, 2.45) is 11.7 Å². The van der Waals surface area contributed by atoms with Gasteiger partial charge < -0.3 is 10.5 Å². The van der Waals surface area contributed by atoms with Gasteiger partial charge in [-0.05, 0) is 71.3 Å². The molecule has 0 bridgehead atoms. The van der Waals surface area contributed by atoms with E-state index in [1.807, 2.05) is 0 Å². The third kappa shape index (κ3) is 3.23. The predicted molar refractivity (Wildman–Crippen MR) is 74.6 cm³/mol. The van der Waals surface area contributed by atoms with Gasteiger partial charge in [-0.25, -0.2) is 0 Å². The predicted octanol–water partition coefficient (Wildman–Crippen LogP) is 3.61. The summed E-state index contributed by atoms with van der Waals surface area (Å²) in [5.41, 5.74) is 8.23. The minimum absolute atomic E-state index is 0.334. The van der Waals surface area contributed by atoms with Gasteiger partial charge in [-0.2, -0.15) is 0 Å². The van der Waals surface area contributed by atoms with Crippen molar-refractivity contribution in [3.63, 3.8) is 0 Å². The van der Waals surface area contributed by atoms with Gasteiger partial charge in [0.15, 0.2) is 0 Å². The highest BCUT2D eigenvalue weighted by atomic mass is 79.9. The Hall–Kier alpha value is -0.540. The van der Waals surface area contributed by atoms with Gasteiger partial charge in [-0.15, -0.1) is 0 Å². The molecule has 0 aromatic heterocycles. The molecule has 1 saturated carbocycles. The minimum Gasteiger partial charge on any atom is -0.492 e. The lowest BCUT2D eigenvalue weighted by Crippen LogP contribution is -2.12. The molecule has 0 heterocycles. The van der Waals surface area contributed by atoms with Crippen LogP contribution >= 0.6 is 15.9 Å². The number of halogens is 1. The second-order valence-corrected chi connectivity index (χ2v) is 5.91. The van der Waals surface area contributed by atoms with Gasteiger partial charge in [-0.1, -0.05) is 13.0 Å². The number of ether oxygens (including phenoxy) is 1. The summed E-state index contributed by atoms with van der Waals surface area (Å²) in [4.78, 5) is 0. The average molecular weight is 298 g/mol. The van der Waals surface area contributed by atoms with E-state index < -0.39 is 0 Å². The first-order valence-corrected chi connectivity index (χ1v) is 7.04. The summed E-state index contributed by atoms with van der Waals surface area (Å²) in [6.07, 6.45) is 2.62. The molecule has 1 aromatic rings. The number of rotatable bonds is 5. The molecular weight excluding hydrogens is 278 g/mol. The van der Waals surface area contributed by atoms with E-state index in [1.165, 1.54) is 24.0 Å². The molecule has 1 unspecified atom stereocenters. The highest BCUT2D eigenvalue weighted by Gasteiger charge is 2.23. The fourth-order valence-corrected chi connectivity index (χ4v) is 2.59. The van der Waals surface area contributed by atoms with Gasteiger partial charge in [-0.3, -0.25) is 0 Å². The van der Waals surface area contributed by atoms with E-state index in [9.17, 15) is 0 Å². The van der Waals surface area contributed by atoms with Crippen molar-refractivity contribution in [2.75, 3.05) is 13.2 Å². The van der Waals surface area contributed by atoms with Crippen molar-refractivity contribution in [2.45, 2.75) is 32.6 Å². The minimum atomic E-state index is 0.334. The molecule has 2 nitrogen and oxygen atoms in total. The molecule has 1 fully saturated rings. The van der Waals surface area contributed by atoms with E-state index >= 15 is 0 Å². The number of nitrogens with two attached hydrogens (primary N) is 1. The summed E-state index contributed by atoms with van der Waals surface area (Å²) < 4.78 is 7.02. The zero-order chi connectivity index (χ0) is 12.4. The maximum atomic E-state index is 5.97. The van der Waals surface area contributed by atoms with Gasteiger partial charge in [0.05, 0.1) is 11.1 Å². The zero-order valence-corrected chi connectivity index (χ0v) is 12.1. The van der Waals surface area contributed by atoms with Crippen molar-refractivity contribution in [3.05, 3.63) is 27.7 Å². The number of aryl methyl sites for hydroxylation is 1. The molecule has 2 rings (SSSR count). The van der Waals surface area contributed by atoms with Crippen LogP contribution in [-0.4, -0.2) is 13.2 Å². The molecule has 0 spiro atoms. The van der Waals surface area contributed by atoms with Crippen LogP contribution in [0.3, 0.4) is 0 Å². The molecule has 3 heteroatoms. The van der Waals surface area contributed by atoms with Crippen LogP contribution in [0.2, 0.25) is 0 Å². The van der Waals surface area contributed by atoms with Gasteiger partial charge in [0.1, 0.15) is 5.75 Å². The molecule has 1 atom stereocenters. The first-order chi connectivity index (χ1) is 8.11. The van der Waals surface area contributed by atoms with Gasteiger partial charge in [0.25, 0.3) is 0 Å². The first-order valence-electron chi connectivity index (χ1n) is 6.24. The van der Waals surface area contributed by atoms with Gasteiger partial charge in [0.2, 0.25) is 0 Å².